The van der Waals surface area contributed by atoms with Gasteiger partial charge < -0.3 is 19.7 Å². The summed E-state index contributed by atoms with van der Waals surface area (Å²) in [6, 6.07) is 0. The maximum absolute atomic E-state index is 13.2. The molecule has 2 aliphatic rings. The van der Waals surface area contributed by atoms with E-state index in [1.807, 2.05) is 26.8 Å². The first-order chi connectivity index (χ1) is 15.9. The molecule has 3 heterocycles. The Labute approximate surface area is 206 Å². The normalized spacial score (nSPS) is 36.0. The lowest BCUT2D eigenvalue weighted by atomic mass is 9.73. The number of rotatable bonds is 2. The Balaban J connectivity index is 1.81. The van der Waals surface area contributed by atoms with E-state index in [1.165, 1.54) is 0 Å². The number of hydrogen-bond donors (Lipinski definition) is 2. The van der Waals surface area contributed by atoms with Crippen LogP contribution >= 0.6 is 11.3 Å². The Hall–Kier alpha value is -1.61. The molecule has 0 unspecified atom stereocenters. The van der Waals surface area contributed by atoms with Crippen LogP contribution < -0.4 is 0 Å². The number of aromatic nitrogens is 1. The van der Waals surface area contributed by atoms with Crippen molar-refractivity contribution in [3.05, 3.63) is 21.7 Å². The van der Waals surface area contributed by atoms with Crippen molar-refractivity contribution in [1.82, 2.24) is 4.98 Å². The number of aryl methyl sites for hydroxylation is 1. The topological polar surface area (TPSA) is 109 Å². The largest absolute Gasteiger partial charge is 0.458 e. The van der Waals surface area contributed by atoms with Gasteiger partial charge in [0.2, 0.25) is 0 Å². The van der Waals surface area contributed by atoms with Gasteiger partial charge in [0.05, 0.1) is 41.3 Å². The summed E-state index contributed by atoms with van der Waals surface area (Å²) in [4.78, 5) is 31.3. The van der Waals surface area contributed by atoms with Crippen LogP contribution in [-0.4, -0.2) is 57.5 Å². The van der Waals surface area contributed by atoms with Gasteiger partial charge in [0.15, 0.2) is 0 Å². The first-order valence-electron chi connectivity index (χ1n) is 12.3. The smallest absolute Gasteiger partial charge is 0.309 e. The average molecular weight is 494 g/mol. The average Bonchev–Trinajstić information content (AvgIpc) is 3.38. The van der Waals surface area contributed by atoms with Crippen LogP contribution in [0, 0.1) is 24.2 Å². The molecule has 3 rings (SSSR count). The zero-order valence-electron chi connectivity index (χ0n) is 21.1. The summed E-state index contributed by atoms with van der Waals surface area (Å²) in [6.45, 7) is 10.8. The Morgan fingerprint density at radius 3 is 2.56 bits per heavy atom. The number of carbonyl (C=O) groups excluding carboxylic acids is 2. The third-order valence-electron chi connectivity index (χ3n) is 7.41. The number of Topliss-reactive ketones (excluding diaryl/α,β-unsaturated/α-hetero) is 1. The number of aliphatic hydroxyl groups is 2. The van der Waals surface area contributed by atoms with Gasteiger partial charge in [-0.15, -0.1) is 11.3 Å². The molecular formula is C26H39NO6S. The Morgan fingerprint density at radius 1 is 1.21 bits per heavy atom. The maximum Gasteiger partial charge on any atom is 0.309 e. The number of hydrogen-bond acceptors (Lipinski definition) is 8. The van der Waals surface area contributed by atoms with Gasteiger partial charge in [-0.25, -0.2) is 4.98 Å². The zero-order valence-corrected chi connectivity index (χ0v) is 21.9. The van der Waals surface area contributed by atoms with Crippen LogP contribution in [0.3, 0.4) is 0 Å². The lowest BCUT2D eigenvalue weighted by Gasteiger charge is -2.34. The van der Waals surface area contributed by atoms with Crippen molar-refractivity contribution in [3.8, 4) is 0 Å². The molecule has 7 nitrogen and oxygen atoms in total. The number of thiazole rings is 1. The van der Waals surface area contributed by atoms with Crippen LogP contribution in [-0.2, 0) is 19.1 Å². The second-order valence-corrected chi connectivity index (χ2v) is 11.9. The van der Waals surface area contributed by atoms with Crippen LogP contribution in [0.25, 0.3) is 6.08 Å². The van der Waals surface area contributed by atoms with Crippen molar-refractivity contribution in [2.75, 3.05) is 0 Å². The minimum absolute atomic E-state index is 0.0133. The third-order valence-corrected chi connectivity index (χ3v) is 8.27. The fourth-order valence-corrected chi connectivity index (χ4v) is 5.57. The van der Waals surface area contributed by atoms with Crippen LogP contribution in [0.15, 0.2) is 11.8 Å². The molecule has 0 radical (unpaired) electrons. The van der Waals surface area contributed by atoms with Gasteiger partial charge in [0, 0.05) is 23.4 Å². The molecule has 1 aromatic heterocycles. The van der Waals surface area contributed by atoms with Crippen molar-refractivity contribution in [3.63, 3.8) is 0 Å². The first-order valence-corrected chi connectivity index (χ1v) is 13.1. The highest BCUT2D eigenvalue weighted by Crippen LogP contribution is 2.36. The molecule has 190 valence electrons. The van der Waals surface area contributed by atoms with E-state index in [9.17, 15) is 19.8 Å². The van der Waals surface area contributed by atoms with Crippen LogP contribution in [0.2, 0.25) is 0 Å². The van der Waals surface area contributed by atoms with E-state index in [1.54, 1.807) is 38.3 Å². The number of ketones is 1. The number of carbonyl (C=O) groups is 2. The molecule has 34 heavy (non-hydrogen) atoms. The number of epoxide rings is 1. The number of nitrogens with zero attached hydrogens (tertiary/aromatic N) is 1. The van der Waals surface area contributed by atoms with Gasteiger partial charge in [-0.05, 0) is 44.3 Å². The molecule has 7 atom stereocenters. The van der Waals surface area contributed by atoms with Crippen molar-refractivity contribution in [2.45, 2.75) is 104 Å². The summed E-state index contributed by atoms with van der Waals surface area (Å²) in [5.74, 6) is -1.51. The molecule has 0 aromatic carbocycles. The van der Waals surface area contributed by atoms with Crippen molar-refractivity contribution in [2.24, 2.45) is 17.3 Å². The summed E-state index contributed by atoms with van der Waals surface area (Å²) in [5.41, 5.74) is -0.302. The second-order valence-electron chi connectivity index (χ2n) is 10.6. The Bertz CT molecular complexity index is 909. The zero-order chi connectivity index (χ0) is 25.2. The molecule has 2 saturated heterocycles. The standard InChI is InChI=1S/C26H39NO6S/c1-14-8-7-9-19-21(32-19)11-20(15(2)10-18-13-27-17(4)34-18)33-23(29)12-22(28)26(5,6)25(31)16(3)24(14)30/h10,13-14,16,19-22,24,28,30H,7-9,11-12H2,1-6H3/b15-10+/t14-,16+,19+,20-,21-,22+,24-/m0/s1. The highest BCUT2D eigenvalue weighted by atomic mass is 32.1. The van der Waals surface area contributed by atoms with Crippen molar-refractivity contribution >= 4 is 29.2 Å². The first kappa shape index (κ1) is 27.0. The molecule has 2 fully saturated rings. The lowest BCUT2D eigenvalue weighted by molar-refractivity contribution is -0.154. The van der Waals surface area contributed by atoms with Crippen LogP contribution in [0.4, 0.5) is 0 Å². The number of cyclic esters (lactones) is 1. The molecular weight excluding hydrogens is 454 g/mol. The molecule has 0 amide bonds. The number of ether oxygens (including phenoxy) is 2. The van der Waals surface area contributed by atoms with Crippen LogP contribution in [0.1, 0.15) is 76.6 Å². The van der Waals surface area contributed by atoms with E-state index in [4.69, 9.17) is 9.47 Å². The Morgan fingerprint density at radius 2 is 1.91 bits per heavy atom. The number of fused-ring (bicyclic) bond motifs is 1. The minimum Gasteiger partial charge on any atom is -0.458 e. The molecule has 0 aliphatic carbocycles. The highest BCUT2D eigenvalue weighted by Gasteiger charge is 2.44. The summed E-state index contributed by atoms with van der Waals surface area (Å²) in [7, 11) is 0. The van der Waals surface area contributed by atoms with E-state index in [-0.39, 0.29) is 30.3 Å². The molecule has 0 spiro atoms. The Kier molecular flexibility index (Phi) is 8.71. The van der Waals surface area contributed by atoms with Gasteiger partial charge in [0.25, 0.3) is 0 Å². The van der Waals surface area contributed by atoms with Crippen LogP contribution in [0.5, 0.6) is 0 Å². The van der Waals surface area contributed by atoms with Gasteiger partial charge >= 0.3 is 5.97 Å². The van der Waals surface area contributed by atoms with Gasteiger partial charge in [-0.3, -0.25) is 9.59 Å². The van der Waals surface area contributed by atoms with E-state index in [0.29, 0.717) is 6.42 Å². The van der Waals surface area contributed by atoms with E-state index in [2.05, 4.69) is 4.98 Å². The quantitative estimate of drug-likeness (QED) is 0.472. The summed E-state index contributed by atoms with van der Waals surface area (Å²) >= 11 is 1.57. The summed E-state index contributed by atoms with van der Waals surface area (Å²) < 4.78 is 11.7. The minimum atomic E-state index is -1.22. The fourth-order valence-electron chi connectivity index (χ4n) is 4.77. The SMILES string of the molecule is C/C(=C\c1cnc(C)s1)[C@@H]1C[C@@H]2O[C@@H]2CCC[C@H](C)[C@H](O)[C@@H](C)C(=O)C(C)(C)[C@H](O)CC(=O)O1. The molecule has 8 heteroatoms. The predicted octanol–water partition coefficient (Wildman–Crippen LogP) is 4.09. The summed E-state index contributed by atoms with van der Waals surface area (Å²) in [6.07, 6.45) is 4.18. The molecule has 0 bridgehead atoms. The number of aliphatic hydroxyl groups excluding tert-OH is 2. The molecule has 2 N–H and O–H groups in total. The van der Waals surface area contributed by atoms with Crippen molar-refractivity contribution < 1.29 is 29.3 Å². The van der Waals surface area contributed by atoms with E-state index in [0.717, 1.165) is 34.7 Å². The second kappa shape index (κ2) is 11.0. The van der Waals surface area contributed by atoms with E-state index < -0.39 is 35.6 Å². The predicted molar refractivity (Wildman–Crippen MR) is 131 cm³/mol. The van der Waals surface area contributed by atoms with Gasteiger partial charge in [-0.2, -0.15) is 0 Å². The molecule has 2 aliphatic heterocycles. The number of esters is 1. The highest BCUT2D eigenvalue weighted by molar-refractivity contribution is 7.12. The van der Waals surface area contributed by atoms with Gasteiger partial charge in [0.1, 0.15) is 11.9 Å². The molecule has 0 saturated carbocycles. The molecule has 1 aromatic rings. The van der Waals surface area contributed by atoms with Gasteiger partial charge in [-0.1, -0.05) is 34.1 Å². The van der Waals surface area contributed by atoms with Crippen molar-refractivity contribution in [1.29, 1.82) is 0 Å². The summed E-state index contributed by atoms with van der Waals surface area (Å²) in [5, 5.41) is 22.6. The maximum atomic E-state index is 13.2. The third kappa shape index (κ3) is 6.53. The monoisotopic (exact) mass is 493 g/mol. The fraction of sp³-hybridized carbons (Fsp3) is 0.731. The van der Waals surface area contributed by atoms with E-state index >= 15 is 0 Å². The lowest BCUT2D eigenvalue weighted by Crippen LogP contribution is -2.45.